The van der Waals surface area contributed by atoms with Crippen LogP contribution in [-0.2, 0) is 5.54 Å². The Labute approximate surface area is 159 Å². The summed E-state index contributed by atoms with van der Waals surface area (Å²) < 4.78 is 14.3. The van der Waals surface area contributed by atoms with Crippen LogP contribution in [0.4, 0.5) is 15.8 Å². The Morgan fingerprint density at radius 1 is 1.33 bits per heavy atom. The van der Waals surface area contributed by atoms with Crippen LogP contribution in [0.5, 0.6) is 0 Å². The lowest BCUT2D eigenvalue weighted by atomic mass is 9.89. The summed E-state index contributed by atoms with van der Waals surface area (Å²) in [6, 6.07) is 10.4. The first-order chi connectivity index (χ1) is 12.8. The van der Waals surface area contributed by atoms with Crippen LogP contribution >= 0.6 is 11.8 Å². The Kier molecular flexibility index (Phi) is 5.47. The third kappa shape index (κ3) is 4.11. The molecule has 2 aromatic carbocycles. The molecule has 0 saturated carbocycles. The van der Waals surface area contributed by atoms with Crippen molar-refractivity contribution in [3.63, 3.8) is 0 Å². The number of amides is 1. The van der Waals surface area contributed by atoms with Gasteiger partial charge in [0.15, 0.2) is 5.17 Å². The molecule has 0 radical (unpaired) electrons. The second-order valence-electron chi connectivity index (χ2n) is 6.34. The molecule has 0 aromatic heterocycles. The number of benzene rings is 2. The molecule has 1 aliphatic rings. The number of thioether (sulfide) groups is 1. The van der Waals surface area contributed by atoms with E-state index >= 15 is 0 Å². The zero-order valence-corrected chi connectivity index (χ0v) is 15.4. The van der Waals surface area contributed by atoms with Crippen molar-refractivity contribution in [2.45, 2.75) is 18.9 Å². The number of aliphatic imine (C=N–C) groups is 1. The summed E-state index contributed by atoms with van der Waals surface area (Å²) in [6.45, 7) is 1.91. The average Bonchev–Trinajstić information content (AvgIpc) is 2.63. The number of quaternary nitrogens is 1. The van der Waals surface area contributed by atoms with Crippen LogP contribution in [0.1, 0.15) is 29.3 Å². The first-order valence-corrected chi connectivity index (χ1v) is 9.22. The molecule has 6 N–H and O–H groups in total. The smallest absolute Gasteiger partial charge is 0.262 e. The number of anilines is 1. The van der Waals surface area contributed by atoms with Crippen LogP contribution in [0.15, 0.2) is 47.5 Å². The van der Waals surface area contributed by atoms with Gasteiger partial charge in [-0.3, -0.25) is 9.79 Å². The van der Waals surface area contributed by atoms with E-state index in [9.17, 15) is 19.6 Å². The monoisotopic (exact) mass is 391 g/mol. The highest BCUT2D eigenvalue weighted by Gasteiger charge is 2.30. The SMILES string of the molecule is CC1(c2ccc(F)c(NC(=O)c3ccccc3[NH+](O)O)c2)CCSC(N)=N1. The normalized spacial score (nSPS) is 19.7. The van der Waals surface area contributed by atoms with Crippen molar-refractivity contribution >= 4 is 34.2 Å². The minimum absolute atomic E-state index is 0.0158. The van der Waals surface area contributed by atoms with Crippen molar-refractivity contribution in [3.8, 4) is 0 Å². The van der Waals surface area contributed by atoms with E-state index in [-0.39, 0.29) is 16.9 Å². The zero-order valence-electron chi connectivity index (χ0n) is 14.6. The number of nitrogens with zero attached hydrogens (tertiary/aromatic N) is 1. The molecule has 0 bridgehead atoms. The maximum absolute atomic E-state index is 14.3. The summed E-state index contributed by atoms with van der Waals surface area (Å²) in [5, 5.41) is 20.7. The summed E-state index contributed by atoms with van der Waals surface area (Å²) in [7, 11) is 0. The maximum Gasteiger partial charge on any atom is 0.262 e. The van der Waals surface area contributed by atoms with Gasteiger partial charge in [0, 0.05) is 11.8 Å². The van der Waals surface area contributed by atoms with Crippen LogP contribution in [0.3, 0.4) is 0 Å². The largest absolute Gasteiger partial charge is 0.379 e. The van der Waals surface area contributed by atoms with Crippen molar-refractivity contribution in [2.75, 3.05) is 11.1 Å². The first kappa shape index (κ1) is 19.3. The van der Waals surface area contributed by atoms with Crippen LogP contribution in [0, 0.1) is 5.82 Å². The Bertz CT molecular complexity index is 906. The lowest BCUT2D eigenvalue weighted by Gasteiger charge is -2.30. The molecular formula is C18H20FN4O3S+. The van der Waals surface area contributed by atoms with Crippen LogP contribution in [-0.4, -0.2) is 27.2 Å². The fourth-order valence-electron chi connectivity index (χ4n) is 2.92. The summed E-state index contributed by atoms with van der Waals surface area (Å²) in [6.07, 6.45) is 0.730. The number of hydrogen-bond acceptors (Lipinski definition) is 6. The van der Waals surface area contributed by atoms with Gasteiger partial charge in [-0.2, -0.15) is 10.4 Å². The third-order valence-corrected chi connectivity index (χ3v) is 5.24. The number of amidine groups is 1. The molecule has 1 aliphatic heterocycles. The summed E-state index contributed by atoms with van der Waals surface area (Å²) >= 11 is 1.47. The quantitative estimate of drug-likeness (QED) is 0.512. The van der Waals surface area contributed by atoms with E-state index in [1.807, 2.05) is 6.92 Å². The molecule has 3 rings (SSSR count). The lowest BCUT2D eigenvalue weighted by molar-refractivity contribution is -1.19. The average molecular weight is 391 g/mol. The fraction of sp³-hybridized carbons (Fsp3) is 0.222. The molecule has 142 valence electrons. The van der Waals surface area contributed by atoms with Crippen molar-refractivity contribution in [1.82, 2.24) is 0 Å². The molecule has 1 atom stereocenters. The van der Waals surface area contributed by atoms with Crippen LogP contribution in [0.2, 0.25) is 0 Å². The highest BCUT2D eigenvalue weighted by Crippen LogP contribution is 2.36. The molecule has 1 heterocycles. The minimum Gasteiger partial charge on any atom is -0.379 e. The van der Waals surface area contributed by atoms with Gasteiger partial charge in [0.1, 0.15) is 11.4 Å². The molecule has 1 amide bonds. The van der Waals surface area contributed by atoms with Crippen molar-refractivity contribution in [3.05, 3.63) is 59.4 Å². The number of hydrogen-bond donors (Lipinski definition) is 5. The number of carbonyl (C=O) groups is 1. The van der Waals surface area contributed by atoms with E-state index in [1.54, 1.807) is 18.2 Å². The van der Waals surface area contributed by atoms with E-state index in [1.165, 1.54) is 36.0 Å². The number of nitrogens with two attached hydrogens (primary N) is 1. The first-order valence-electron chi connectivity index (χ1n) is 8.24. The summed E-state index contributed by atoms with van der Waals surface area (Å²) in [5.41, 5.74) is 5.93. The predicted octanol–water partition coefficient (Wildman–Crippen LogP) is 2.04. The minimum atomic E-state index is -0.980. The van der Waals surface area contributed by atoms with Gasteiger partial charge in [-0.05, 0) is 42.3 Å². The van der Waals surface area contributed by atoms with Gasteiger partial charge in [-0.25, -0.2) is 4.39 Å². The Morgan fingerprint density at radius 2 is 2.07 bits per heavy atom. The van der Waals surface area contributed by atoms with Crippen LogP contribution < -0.4 is 16.3 Å². The summed E-state index contributed by atoms with van der Waals surface area (Å²) in [5.74, 6) is -0.466. The fourth-order valence-corrected chi connectivity index (χ4v) is 3.89. The van der Waals surface area contributed by atoms with Gasteiger partial charge < -0.3 is 11.1 Å². The number of nitrogens with one attached hydrogen (secondary N) is 2. The van der Waals surface area contributed by atoms with E-state index in [2.05, 4.69) is 10.3 Å². The van der Waals surface area contributed by atoms with E-state index in [0.717, 1.165) is 17.7 Å². The molecule has 9 heteroatoms. The maximum atomic E-state index is 14.3. The molecule has 0 saturated heterocycles. The highest BCUT2D eigenvalue weighted by molar-refractivity contribution is 8.13. The van der Waals surface area contributed by atoms with Gasteiger partial charge in [-0.15, -0.1) is 0 Å². The molecule has 2 aromatic rings. The van der Waals surface area contributed by atoms with Gasteiger partial charge in [0.2, 0.25) is 5.69 Å². The van der Waals surface area contributed by atoms with Crippen molar-refractivity contribution < 1.29 is 24.8 Å². The van der Waals surface area contributed by atoms with E-state index in [0.29, 0.717) is 5.17 Å². The highest BCUT2D eigenvalue weighted by atomic mass is 32.2. The predicted molar refractivity (Wildman–Crippen MR) is 101 cm³/mol. The number of halogens is 1. The molecule has 7 nitrogen and oxygen atoms in total. The van der Waals surface area contributed by atoms with Gasteiger partial charge in [-0.1, -0.05) is 30.0 Å². The molecule has 27 heavy (non-hydrogen) atoms. The molecular weight excluding hydrogens is 371 g/mol. The summed E-state index contributed by atoms with van der Waals surface area (Å²) in [4.78, 5) is 17.0. The molecule has 0 aliphatic carbocycles. The van der Waals surface area contributed by atoms with E-state index < -0.39 is 22.5 Å². The molecule has 1 unspecified atom stereocenters. The third-order valence-electron chi connectivity index (χ3n) is 4.44. The van der Waals surface area contributed by atoms with Crippen molar-refractivity contribution in [1.29, 1.82) is 0 Å². The lowest BCUT2D eigenvalue weighted by Crippen LogP contribution is -3.02. The standard InChI is InChI=1S/C18H19FN4O3S/c1-18(8-9-27-17(20)22-18)11-6-7-13(19)14(10-11)21-16(24)12-4-2-3-5-15(12)23(25)26/h2-7,10,25-26H,8-9H2,1H3,(H2,20,22)(H,21,24)/p+1. The Balaban J connectivity index is 1.92. The zero-order chi connectivity index (χ0) is 19.6. The van der Waals surface area contributed by atoms with E-state index in [4.69, 9.17) is 5.73 Å². The topological polar surface area (TPSA) is 112 Å². The molecule has 0 fully saturated rings. The number of carbonyl (C=O) groups excluding carboxylic acids is 1. The van der Waals surface area contributed by atoms with Crippen LogP contribution in [0.25, 0.3) is 0 Å². The second kappa shape index (κ2) is 7.65. The Morgan fingerprint density at radius 3 is 2.78 bits per heavy atom. The van der Waals surface area contributed by atoms with Gasteiger partial charge >= 0.3 is 0 Å². The second-order valence-corrected chi connectivity index (χ2v) is 7.46. The number of para-hydroxylation sites is 1. The Hall–Kier alpha value is -2.46. The van der Waals surface area contributed by atoms with Crippen molar-refractivity contribution in [2.24, 2.45) is 10.7 Å². The van der Waals surface area contributed by atoms with Gasteiger partial charge in [0.25, 0.3) is 5.91 Å². The molecule has 0 spiro atoms. The van der Waals surface area contributed by atoms with Gasteiger partial charge in [0.05, 0.1) is 11.2 Å². The number of rotatable bonds is 4.